The van der Waals surface area contributed by atoms with E-state index in [9.17, 15) is 0 Å². The summed E-state index contributed by atoms with van der Waals surface area (Å²) in [5.41, 5.74) is 17.5. The van der Waals surface area contributed by atoms with Crippen LogP contribution in [0.2, 0.25) is 5.02 Å². The molecule has 0 aliphatic rings. The molecule has 0 aliphatic carbocycles. The first-order valence-electron chi connectivity index (χ1n) is 21.3. The van der Waals surface area contributed by atoms with E-state index in [1.165, 1.54) is 27.8 Å². The Labute approximate surface area is 375 Å². The Morgan fingerprint density at radius 3 is 0.937 bits per heavy atom. The van der Waals surface area contributed by atoms with Gasteiger partial charge < -0.3 is 9.80 Å². The van der Waals surface area contributed by atoms with Gasteiger partial charge in [0.25, 0.3) is 0 Å². The maximum atomic E-state index is 6.83. The van der Waals surface area contributed by atoms with Crippen LogP contribution in [0.5, 0.6) is 0 Å². The highest BCUT2D eigenvalue weighted by atomic mass is 35.5. The van der Waals surface area contributed by atoms with Gasteiger partial charge in [0.15, 0.2) is 0 Å². The zero-order chi connectivity index (χ0) is 42.4. The second-order valence-electron chi connectivity index (χ2n) is 15.5. The Bertz CT molecular complexity index is 2980. The van der Waals surface area contributed by atoms with Crippen molar-refractivity contribution < 1.29 is 0 Å². The Morgan fingerprint density at radius 2 is 0.540 bits per heavy atom. The molecule has 0 saturated heterocycles. The standard InChI is InChI=1S/C60H43ClN2/c61-53-32-39-60(59(42-53)51-24-14-5-15-25-51)63(56-37-30-50(31-38-56)46-20-10-3-11-21-46)58-41-52(47-22-12-4-13-23-47)40-57(43-58)62(54-33-26-48(27-34-54)44-16-6-1-7-17-44)55-35-28-49(29-36-55)45-18-8-2-9-19-45/h1-43H. The van der Waals surface area contributed by atoms with E-state index in [1.54, 1.807) is 0 Å². The molecule has 0 fully saturated rings. The number of hydrogen-bond donors (Lipinski definition) is 0. The summed E-state index contributed by atoms with van der Waals surface area (Å²) in [6, 6.07) is 92.7. The van der Waals surface area contributed by atoms with Gasteiger partial charge in [0, 0.05) is 39.0 Å². The minimum atomic E-state index is 0.680. The zero-order valence-electron chi connectivity index (χ0n) is 34.6. The van der Waals surface area contributed by atoms with Crippen LogP contribution in [0.15, 0.2) is 261 Å². The van der Waals surface area contributed by atoms with E-state index >= 15 is 0 Å². The van der Waals surface area contributed by atoms with E-state index in [2.05, 4.69) is 265 Å². The van der Waals surface area contributed by atoms with Gasteiger partial charge in [-0.15, -0.1) is 0 Å². The predicted molar refractivity (Wildman–Crippen MR) is 268 cm³/mol. The number of hydrogen-bond acceptors (Lipinski definition) is 2. The number of nitrogens with zero attached hydrogens (tertiary/aromatic N) is 2. The molecule has 0 radical (unpaired) electrons. The molecular weight excluding hydrogens is 784 g/mol. The lowest BCUT2D eigenvalue weighted by Crippen LogP contribution is -2.14. The number of anilines is 6. The molecule has 10 aromatic rings. The fraction of sp³-hybridized carbons (Fsp3) is 0. The molecule has 0 unspecified atom stereocenters. The largest absolute Gasteiger partial charge is 0.310 e. The van der Waals surface area contributed by atoms with E-state index < -0.39 is 0 Å². The van der Waals surface area contributed by atoms with Crippen LogP contribution in [0.25, 0.3) is 55.6 Å². The van der Waals surface area contributed by atoms with Gasteiger partial charge in [0.1, 0.15) is 0 Å². The van der Waals surface area contributed by atoms with Crippen LogP contribution in [-0.2, 0) is 0 Å². The Morgan fingerprint density at radius 1 is 0.222 bits per heavy atom. The van der Waals surface area contributed by atoms with Crippen LogP contribution in [0.1, 0.15) is 0 Å². The van der Waals surface area contributed by atoms with Crippen LogP contribution in [0.4, 0.5) is 34.1 Å². The van der Waals surface area contributed by atoms with Crippen molar-refractivity contribution in [1.29, 1.82) is 0 Å². The van der Waals surface area contributed by atoms with Gasteiger partial charge in [0.2, 0.25) is 0 Å². The zero-order valence-corrected chi connectivity index (χ0v) is 35.4. The van der Waals surface area contributed by atoms with Crippen LogP contribution >= 0.6 is 11.6 Å². The SMILES string of the molecule is Clc1ccc(N(c2ccc(-c3ccccc3)cc2)c2cc(-c3ccccc3)cc(N(c3ccc(-c4ccccc4)cc3)c3ccc(-c4ccccc4)cc3)c2)c(-c2ccccc2)c1. The Hall–Kier alpha value is -7.91. The molecule has 0 N–H and O–H groups in total. The predicted octanol–water partition coefficient (Wildman–Crippen LogP) is 17.6. The first-order valence-corrected chi connectivity index (χ1v) is 21.6. The van der Waals surface area contributed by atoms with Crippen LogP contribution in [0.3, 0.4) is 0 Å². The van der Waals surface area contributed by atoms with E-state index in [0.29, 0.717) is 5.02 Å². The highest BCUT2D eigenvalue weighted by Gasteiger charge is 2.22. The normalized spacial score (nSPS) is 10.9. The maximum absolute atomic E-state index is 6.83. The highest BCUT2D eigenvalue weighted by Crippen LogP contribution is 2.47. The molecule has 300 valence electrons. The maximum Gasteiger partial charge on any atom is 0.0541 e. The summed E-state index contributed by atoms with van der Waals surface area (Å²) < 4.78 is 0. The lowest BCUT2D eigenvalue weighted by molar-refractivity contribution is 1.25. The first kappa shape index (κ1) is 39.2. The summed E-state index contributed by atoms with van der Waals surface area (Å²) >= 11 is 6.83. The van der Waals surface area contributed by atoms with Crippen molar-refractivity contribution in [3.8, 4) is 55.6 Å². The number of halogens is 1. The number of rotatable bonds is 11. The average molecular weight is 827 g/mol. The third kappa shape index (κ3) is 8.54. The fourth-order valence-electron chi connectivity index (χ4n) is 8.38. The lowest BCUT2D eigenvalue weighted by atomic mass is 9.99. The van der Waals surface area contributed by atoms with Crippen molar-refractivity contribution in [2.24, 2.45) is 0 Å². The monoisotopic (exact) mass is 826 g/mol. The van der Waals surface area contributed by atoms with E-state index in [-0.39, 0.29) is 0 Å². The second-order valence-corrected chi connectivity index (χ2v) is 16.0. The van der Waals surface area contributed by atoms with Crippen LogP contribution in [-0.4, -0.2) is 0 Å². The minimum absolute atomic E-state index is 0.680. The quantitative estimate of drug-likeness (QED) is 0.128. The summed E-state index contributed by atoms with van der Waals surface area (Å²) in [5, 5.41) is 0.680. The van der Waals surface area contributed by atoms with Crippen molar-refractivity contribution in [1.82, 2.24) is 0 Å². The van der Waals surface area contributed by atoms with Crippen LogP contribution in [0, 0.1) is 0 Å². The molecule has 0 saturated carbocycles. The van der Waals surface area contributed by atoms with Gasteiger partial charge >= 0.3 is 0 Å². The molecule has 0 aromatic heterocycles. The molecule has 10 rings (SSSR count). The molecule has 0 amide bonds. The van der Waals surface area contributed by atoms with Gasteiger partial charge in [-0.05, 0) is 123 Å². The summed E-state index contributed by atoms with van der Waals surface area (Å²) in [4.78, 5) is 4.74. The average Bonchev–Trinajstić information content (AvgIpc) is 3.36. The fourth-order valence-corrected chi connectivity index (χ4v) is 8.55. The third-order valence-corrected chi connectivity index (χ3v) is 11.7. The van der Waals surface area contributed by atoms with Crippen molar-refractivity contribution in [2.45, 2.75) is 0 Å². The van der Waals surface area contributed by atoms with Crippen LogP contribution < -0.4 is 9.80 Å². The van der Waals surface area contributed by atoms with E-state index in [4.69, 9.17) is 11.6 Å². The molecule has 2 nitrogen and oxygen atoms in total. The number of benzene rings is 10. The smallest absolute Gasteiger partial charge is 0.0541 e. The molecule has 0 heterocycles. The molecule has 0 atom stereocenters. The van der Waals surface area contributed by atoms with E-state index in [0.717, 1.165) is 61.9 Å². The summed E-state index contributed by atoms with van der Waals surface area (Å²) in [6.45, 7) is 0. The molecular formula is C60H43ClN2. The lowest BCUT2D eigenvalue weighted by Gasteiger charge is -2.31. The first-order chi connectivity index (χ1) is 31.1. The summed E-state index contributed by atoms with van der Waals surface area (Å²) in [5.74, 6) is 0. The molecule has 10 aromatic carbocycles. The van der Waals surface area contributed by atoms with Crippen molar-refractivity contribution in [3.05, 3.63) is 266 Å². The topological polar surface area (TPSA) is 6.48 Å². The molecule has 0 spiro atoms. The minimum Gasteiger partial charge on any atom is -0.310 e. The third-order valence-electron chi connectivity index (χ3n) is 11.5. The van der Waals surface area contributed by atoms with E-state index in [1.807, 2.05) is 6.07 Å². The van der Waals surface area contributed by atoms with Gasteiger partial charge in [-0.3, -0.25) is 0 Å². The molecule has 0 bridgehead atoms. The summed E-state index contributed by atoms with van der Waals surface area (Å²) in [6.07, 6.45) is 0. The van der Waals surface area contributed by atoms with Gasteiger partial charge in [-0.2, -0.15) is 0 Å². The Balaban J connectivity index is 1.20. The van der Waals surface area contributed by atoms with Gasteiger partial charge in [-0.1, -0.05) is 200 Å². The summed E-state index contributed by atoms with van der Waals surface area (Å²) in [7, 11) is 0. The van der Waals surface area contributed by atoms with Crippen molar-refractivity contribution in [3.63, 3.8) is 0 Å². The molecule has 0 aliphatic heterocycles. The van der Waals surface area contributed by atoms with Crippen molar-refractivity contribution in [2.75, 3.05) is 9.80 Å². The van der Waals surface area contributed by atoms with Gasteiger partial charge in [-0.25, -0.2) is 0 Å². The molecule has 63 heavy (non-hydrogen) atoms. The second kappa shape index (κ2) is 18.0. The van der Waals surface area contributed by atoms with Gasteiger partial charge in [0.05, 0.1) is 5.69 Å². The van der Waals surface area contributed by atoms with Crippen molar-refractivity contribution >= 4 is 45.7 Å². The molecule has 3 heteroatoms. The Kier molecular flexibility index (Phi) is 11.2. The highest BCUT2D eigenvalue weighted by molar-refractivity contribution is 6.31.